The summed E-state index contributed by atoms with van der Waals surface area (Å²) >= 11 is 0. The standard InChI is InChI=1S/C11H8N4/c12-5-9-1-3-10(4-2-9)15-11-6-13-8-14-7-11/h1-4,6-8,15H. The predicted octanol–water partition coefficient (Wildman–Crippen LogP) is 2.09. The Morgan fingerprint density at radius 2 is 1.67 bits per heavy atom. The van der Waals surface area contributed by atoms with Gasteiger partial charge in [0.25, 0.3) is 0 Å². The van der Waals surface area contributed by atoms with Gasteiger partial charge < -0.3 is 5.32 Å². The van der Waals surface area contributed by atoms with Crippen molar-refractivity contribution in [1.82, 2.24) is 9.97 Å². The molecule has 0 amide bonds. The summed E-state index contributed by atoms with van der Waals surface area (Å²) in [6.45, 7) is 0. The van der Waals surface area contributed by atoms with Crippen molar-refractivity contribution in [2.75, 3.05) is 5.32 Å². The van der Waals surface area contributed by atoms with Crippen LogP contribution in [0.4, 0.5) is 11.4 Å². The second kappa shape index (κ2) is 4.20. The first-order valence-corrected chi connectivity index (χ1v) is 4.41. The van der Waals surface area contributed by atoms with Gasteiger partial charge in [-0.25, -0.2) is 9.97 Å². The van der Waals surface area contributed by atoms with Crippen molar-refractivity contribution in [2.45, 2.75) is 0 Å². The average molecular weight is 196 g/mol. The van der Waals surface area contributed by atoms with E-state index in [4.69, 9.17) is 5.26 Å². The van der Waals surface area contributed by atoms with Crippen LogP contribution in [0.25, 0.3) is 0 Å². The molecule has 15 heavy (non-hydrogen) atoms. The van der Waals surface area contributed by atoms with Crippen molar-refractivity contribution in [3.63, 3.8) is 0 Å². The van der Waals surface area contributed by atoms with Crippen LogP contribution < -0.4 is 5.32 Å². The lowest BCUT2D eigenvalue weighted by molar-refractivity contribution is 1.17. The maximum absolute atomic E-state index is 8.63. The van der Waals surface area contributed by atoms with Crippen LogP contribution in [0.2, 0.25) is 0 Å². The van der Waals surface area contributed by atoms with Crippen molar-refractivity contribution in [1.29, 1.82) is 5.26 Å². The molecule has 0 aliphatic heterocycles. The molecule has 0 unspecified atom stereocenters. The molecule has 0 aliphatic carbocycles. The fourth-order valence-corrected chi connectivity index (χ4v) is 1.16. The molecule has 72 valence electrons. The highest BCUT2D eigenvalue weighted by Gasteiger charge is 1.94. The first kappa shape index (κ1) is 9.16. The quantitative estimate of drug-likeness (QED) is 0.798. The maximum Gasteiger partial charge on any atom is 0.115 e. The van der Waals surface area contributed by atoms with Gasteiger partial charge in [0, 0.05) is 5.69 Å². The summed E-state index contributed by atoms with van der Waals surface area (Å²) in [6, 6.07) is 9.26. The monoisotopic (exact) mass is 196 g/mol. The first-order valence-electron chi connectivity index (χ1n) is 4.41. The van der Waals surface area contributed by atoms with Gasteiger partial charge in [0.1, 0.15) is 6.33 Å². The van der Waals surface area contributed by atoms with Gasteiger partial charge >= 0.3 is 0 Å². The summed E-state index contributed by atoms with van der Waals surface area (Å²) in [5.74, 6) is 0. The minimum absolute atomic E-state index is 0.643. The summed E-state index contributed by atoms with van der Waals surface area (Å²) in [7, 11) is 0. The normalized spacial score (nSPS) is 9.27. The van der Waals surface area contributed by atoms with Crippen molar-refractivity contribution in [2.24, 2.45) is 0 Å². The van der Waals surface area contributed by atoms with Gasteiger partial charge in [-0.05, 0) is 24.3 Å². The third-order valence-electron chi connectivity index (χ3n) is 1.86. The average Bonchev–Trinajstić information content (AvgIpc) is 2.31. The van der Waals surface area contributed by atoms with E-state index in [0.29, 0.717) is 5.56 Å². The Labute approximate surface area is 87.2 Å². The molecule has 0 saturated carbocycles. The molecule has 0 aliphatic rings. The Balaban J connectivity index is 2.16. The zero-order valence-corrected chi connectivity index (χ0v) is 7.88. The van der Waals surface area contributed by atoms with E-state index in [-0.39, 0.29) is 0 Å². The second-order valence-corrected chi connectivity index (χ2v) is 2.94. The predicted molar refractivity (Wildman–Crippen MR) is 56.5 cm³/mol. The van der Waals surface area contributed by atoms with Gasteiger partial charge in [-0.15, -0.1) is 0 Å². The summed E-state index contributed by atoms with van der Waals surface area (Å²) in [4.78, 5) is 7.78. The van der Waals surface area contributed by atoms with Crippen molar-refractivity contribution in [3.8, 4) is 6.07 Å². The van der Waals surface area contributed by atoms with E-state index in [9.17, 15) is 0 Å². The largest absolute Gasteiger partial charge is 0.353 e. The molecule has 1 N–H and O–H groups in total. The van der Waals surface area contributed by atoms with Crippen LogP contribution in [0.15, 0.2) is 43.0 Å². The smallest absolute Gasteiger partial charge is 0.115 e. The number of rotatable bonds is 2. The lowest BCUT2D eigenvalue weighted by atomic mass is 10.2. The minimum Gasteiger partial charge on any atom is -0.353 e. The number of nitriles is 1. The molecular weight excluding hydrogens is 188 g/mol. The Hall–Kier alpha value is -2.41. The molecule has 2 rings (SSSR count). The van der Waals surface area contributed by atoms with Crippen LogP contribution in [-0.4, -0.2) is 9.97 Å². The van der Waals surface area contributed by atoms with Crippen LogP contribution in [0, 0.1) is 11.3 Å². The number of hydrogen-bond acceptors (Lipinski definition) is 4. The lowest BCUT2D eigenvalue weighted by Crippen LogP contribution is -1.91. The van der Waals surface area contributed by atoms with Gasteiger partial charge in [0.15, 0.2) is 0 Å². The Kier molecular flexibility index (Phi) is 2.56. The number of benzene rings is 1. The molecule has 1 aromatic carbocycles. The number of hydrogen-bond donors (Lipinski definition) is 1. The topological polar surface area (TPSA) is 61.6 Å². The lowest BCUT2D eigenvalue weighted by Gasteiger charge is -2.04. The Morgan fingerprint density at radius 1 is 1.00 bits per heavy atom. The summed E-state index contributed by atoms with van der Waals surface area (Å²) in [5, 5.41) is 11.7. The zero-order chi connectivity index (χ0) is 10.5. The van der Waals surface area contributed by atoms with E-state index in [1.807, 2.05) is 12.1 Å². The molecule has 0 bridgehead atoms. The summed E-state index contributed by atoms with van der Waals surface area (Å²) in [5.41, 5.74) is 2.37. The third-order valence-corrected chi connectivity index (χ3v) is 1.86. The van der Waals surface area contributed by atoms with Crippen molar-refractivity contribution < 1.29 is 0 Å². The fourth-order valence-electron chi connectivity index (χ4n) is 1.16. The van der Waals surface area contributed by atoms with Gasteiger partial charge in [-0.1, -0.05) is 0 Å². The van der Waals surface area contributed by atoms with Crippen LogP contribution in [0.1, 0.15) is 5.56 Å². The number of nitrogens with zero attached hydrogens (tertiary/aromatic N) is 3. The first-order chi connectivity index (χ1) is 7.38. The molecule has 2 aromatic rings. The van der Waals surface area contributed by atoms with E-state index < -0.39 is 0 Å². The van der Waals surface area contributed by atoms with E-state index in [1.165, 1.54) is 6.33 Å². The molecule has 0 atom stereocenters. The van der Waals surface area contributed by atoms with Crippen LogP contribution in [-0.2, 0) is 0 Å². The van der Waals surface area contributed by atoms with Gasteiger partial charge in [-0.2, -0.15) is 5.26 Å². The third kappa shape index (κ3) is 2.29. The number of aromatic nitrogens is 2. The van der Waals surface area contributed by atoms with Crippen LogP contribution >= 0.6 is 0 Å². The maximum atomic E-state index is 8.63. The minimum atomic E-state index is 0.643. The van der Waals surface area contributed by atoms with Gasteiger partial charge in [-0.3, -0.25) is 0 Å². The van der Waals surface area contributed by atoms with E-state index in [1.54, 1.807) is 24.5 Å². The molecule has 1 heterocycles. The second-order valence-electron chi connectivity index (χ2n) is 2.94. The van der Waals surface area contributed by atoms with E-state index >= 15 is 0 Å². The van der Waals surface area contributed by atoms with Crippen LogP contribution in [0.3, 0.4) is 0 Å². The SMILES string of the molecule is N#Cc1ccc(Nc2cncnc2)cc1. The summed E-state index contributed by atoms with van der Waals surface area (Å²) in [6.07, 6.45) is 4.85. The molecule has 0 saturated heterocycles. The van der Waals surface area contributed by atoms with E-state index in [0.717, 1.165) is 11.4 Å². The fraction of sp³-hybridized carbons (Fsp3) is 0. The van der Waals surface area contributed by atoms with Crippen molar-refractivity contribution >= 4 is 11.4 Å². The molecule has 1 aromatic heterocycles. The van der Waals surface area contributed by atoms with E-state index in [2.05, 4.69) is 21.4 Å². The molecular formula is C11H8N4. The molecule has 0 fully saturated rings. The molecule has 4 nitrogen and oxygen atoms in total. The highest BCUT2D eigenvalue weighted by atomic mass is 14.9. The number of nitrogens with one attached hydrogen (secondary N) is 1. The molecule has 0 spiro atoms. The van der Waals surface area contributed by atoms with Crippen LogP contribution in [0.5, 0.6) is 0 Å². The highest BCUT2D eigenvalue weighted by molar-refractivity contribution is 5.58. The summed E-state index contributed by atoms with van der Waals surface area (Å²) < 4.78 is 0. The number of anilines is 2. The zero-order valence-electron chi connectivity index (χ0n) is 7.88. The highest BCUT2D eigenvalue weighted by Crippen LogP contribution is 2.14. The molecule has 0 radical (unpaired) electrons. The Morgan fingerprint density at radius 3 is 2.27 bits per heavy atom. The van der Waals surface area contributed by atoms with Gasteiger partial charge in [0.05, 0.1) is 29.7 Å². The van der Waals surface area contributed by atoms with Crippen molar-refractivity contribution in [3.05, 3.63) is 48.5 Å². The molecule has 4 heteroatoms. The Bertz CT molecular complexity index is 470. The van der Waals surface area contributed by atoms with Gasteiger partial charge in [0.2, 0.25) is 0 Å².